The molecule has 0 aliphatic carbocycles. The highest BCUT2D eigenvalue weighted by Crippen LogP contribution is 2.36. The lowest BCUT2D eigenvalue weighted by Gasteiger charge is -2.41. The molecule has 0 spiro atoms. The quantitative estimate of drug-likeness (QED) is 0.333. The molecule has 1 aromatic carbocycles. The van der Waals surface area contributed by atoms with Gasteiger partial charge >= 0.3 is 12.2 Å². The minimum absolute atomic E-state index is 0.332. The minimum Gasteiger partial charge on any atom is -0.464 e. The number of ether oxygens (including phenoxy) is 1. The number of anilines is 1. The molecule has 0 radical (unpaired) electrons. The molecule has 3 aromatic heterocycles. The lowest BCUT2D eigenvalue weighted by molar-refractivity contribution is 0.0424. The molecule has 1 saturated heterocycles. The number of carbonyl (C=O) groups excluding carboxylic acids is 1. The number of hydrogen-bond acceptors (Lipinski definition) is 7. The van der Waals surface area contributed by atoms with Crippen LogP contribution in [0.2, 0.25) is 0 Å². The Balaban J connectivity index is 1.47. The largest absolute Gasteiger partial charge is 0.464 e. The molecule has 0 saturated carbocycles. The molecule has 0 bridgehead atoms. The SMILES string of the molecule is CC(C)(C)OC(=O)NC1(c2nc3ccc(Br)cc3[nH]2)CCN(c2ncnc3c2ccn3C(=O)O)CC1. The first-order valence-corrected chi connectivity index (χ1v) is 12.3. The first kappa shape index (κ1) is 24.0. The summed E-state index contributed by atoms with van der Waals surface area (Å²) in [7, 11) is 0. The molecule has 1 aliphatic rings. The molecule has 188 valence electrons. The van der Waals surface area contributed by atoms with Gasteiger partial charge in [0.05, 0.1) is 16.4 Å². The van der Waals surface area contributed by atoms with Gasteiger partial charge in [0.2, 0.25) is 0 Å². The van der Waals surface area contributed by atoms with Crippen LogP contribution in [-0.2, 0) is 10.3 Å². The summed E-state index contributed by atoms with van der Waals surface area (Å²) in [5.41, 5.74) is 0.560. The number of carbonyl (C=O) groups is 2. The topological polar surface area (TPSA) is 138 Å². The standard InChI is InChI=1S/C24H26BrN7O4/c1-23(2,3)36-21(33)30-24(20-28-16-5-4-14(25)12-17(16)29-20)7-10-31(11-8-24)18-15-6-9-32(22(34)35)19(15)27-13-26-18/h4-6,9,12-13H,7-8,10-11H2,1-3H3,(H,28,29)(H,30,33)(H,34,35). The second-order valence-corrected chi connectivity index (χ2v) is 10.8. The van der Waals surface area contributed by atoms with Crippen molar-refractivity contribution in [2.75, 3.05) is 18.0 Å². The van der Waals surface area contributed by atoms with Gasteiger partial charge in [0, 0.05) is 23.8 Å². The summed E-state index contributed by atoms with van der Waals surface area (Å²) in [5.74, 6) is 1.31. The second kappa shape index (κ2) is 8.77. The van der Waals surface area contributed by atoms with Crippen molar-refractivity contribution in [2.45, 2.75) is 44.8 Å². The molecule has 36 heavy (non-hydrogen) atoms. The van der Waals surface area contributed by atoms with E-state index in [0.717, 1.165) is 20.1 Å². The van der Waals surface area contributed by atoms with Crippen LogP contribution in [-0.4, -0.2) is 60.5 Å². The molecule has 1 aliphatic heterocycles. The molecule has 4 aromatic rings. The number of hydrogen-bond donors (Lipinski definition) is 3. The highest BCUT2D eigenvalue weighted by Gasteiger charge is 2.42. The lowest BCUT2D eigenvalue weighted by atomic mass is 9.86. The smallest absolute Gasteiger partial charge is 0.417 e. The van der Waals surface area contributed by atoms with Crippen LogP contribution < -0.4 is 10.2 Å². The molecule has 5 rings (SSSR count). The van der Waals surface area contributed by atoms with Crippen molar-refractivity contribution >= 4 is 56.0 Å². The van der Waals surface area contributed by atoms with Crippen molar-refractivity contribution in [2.24, 2.45) is 0 Å². The zero-order chi connectivity index (χ0) is 25.7. The maximum absolute atomic E-state index is 12.9. The van der Waals surface area contributed by atoms with Crippen LogP contribution in [0.3, 0.4) is 0 Å². The third-order valence-corrected chi connectivity index (χ3v) is 6.71. The van der Waals surface area contributed by atoms with Gasteiger partial charge in [0.25, 0.3) is 0 Å². The van der Waals surface area contributed by atoms with Crippen LogP contribution in [0.1, 0.15) is 39.4 Å². The van der Waals surface area contributed by atoms with E-state index in [0.29, 0.717) is 48.6 Å². The van der Waals surface area contributed by atoms with E-state index in [1.807, 2.05) is 39.0 Å². The number of H-pyrrole nitrogens is 1. The normalized spacial score (nSPS) is 15.8. The van der Waals surface area contributed by atoms with E-state index in [2.05, 4.69) is 41.1 Å². The Bertz CT molecular complexity index is 1460. The summed E-state index contributed by atoms with van der Waals surface area (Å²) in [4.78, 5) is 43.3. The zero-order valence-electron chi connectivity index (χ0n) is 20.1. The van der Waals surface area contributed by atoms with Crippen LogP contribution in [0.15, 0.2) is 41.3 Å². The molecule has 1 fully saturated rings. The number of nitrogens with one attached hydrogen (secondary N) is 2. The lowest BCUT2D eigenvalue weighted by Crippen LogP contribution is -2.54. The molecule has 0 atom stereocenters. The molecular weight excluding hydrogens is 530 g/mol. The molecule has 0 unspecified atom stereocenters. The number of aromatic nitrogens is 5. The highest BCUT2D eigenvalue weighted by atomic mass is 79.9. The summed E-state index contributed by atoms with van der Waals surface area (Å²) >= 11 is 3.49. The number of alkyl carbamates (subject to hydrolysis) is 1. The van der Waals surface area contributed by atoms with Crippen LogP contribution in [0.4, 0.5) is 15.4 Å². The fourth-order valence-corrected chi connectivity index (χ4v) is 4.93. The Labute approximate surface area is 215 Å². The minimum atomic E-state index is -1.11. The van der Waals surface area contributed by atoms with E-state index >= 15 is 0 Å². The number of carboxylic acid groups (broad SMARTS) is 1. The summed E-state index contributed by atoms with van der Waals surface area (Å²) in [6.45, 7) is 6.56. The number of piperidine rings is 1. The summed E-state index contributed by atoms with van der Waals surface area (Å²) in [6.07, 6.45) is 2.27. The maximum atomic E-state index is 12.9. The third-order valence-electron chi connectivity index (χ3n) is 6.22. The van der Waals surface area contributed by atoms with Crippen molar-refractivity contribution in [3.63, 3.8) is 0 Å². The van der Waals surface area contributed by atoms with E-state index < -0.39 is 23.3 Å². The number of fused-ring (bicyclic) bond motifs is 2. The Morgan fingerprint density at radius 2 is 1.94 bits per heavy atom. The van der Waals surface area contributed by atoms with Gasteiger partial charge in [-0.25, -0.2) is 29.1 Å². The molecule has 1 amide bonds. The predicted octanol–water partition coefficient (Wildman–Crippen LogP) is 4.62. The Hall–Kier alpha value is -3.67. The van der Waals surface area contributed by atoms with E-state index in [-0.39, 0.29) is 0 Å². The zero-order valence-corrected chi connectivity index (χ0v) is 21.7. The Kier molecular flexibility index (Phi) is 5.86. The number of benzene rings is 1. The van der Waals surface area contributed by atoms with E-state index in [4.69, 9.17) is 9.72 Å². The molecule has 4 heterocycles. The average Bonchev–Trinajstić information content (AvgIpc) is 3.42. The van der Waals surface area contributed by atoms with E-state index in [9.17, 15) is 14.7 Å². The fraction of sp³-hybridized carbons (Fsp3) is 0.375. The van der Waals surface area contributed by atoms with Gasteiger partial charge in [-0.05, 0) is 57.9 Å². The predicted molar refractivity (Wildman–Crippen MR) is 137 cm³/mol. The number of rotatable bonds is 3. The van der Waals surface area contributed by atoms with Crippen molar-refractivity contribution in [1.82, 2.24) is 29.8 Å². The number of halogens is 1. The monoisotopic (exact) mass is 555 g/mol. The number of amides is 1. The summed E-state index contributed by atoms with van der Waals surface area (Å²) in [5, 5.41) is 13.2. The Morgan fingerprint density at radius 3 is 2.64 bits per heavy atom. The van der Waals surface area contributed by atoms with Gasteiger partial charge in [-0.1, -0.05) is 15.9 Å². The Morgan fingerprint density at radius 1 is 1.19 bits per heavy atom. The van der Waals surface area contributed by atoms with Gasteiger partial charge < -0.3 is 25.0 Å². The van der Waals surface area contributed by atoms with Crippen molar-refractivity contribution in [1.29, 1.82) is 0 Å². The van der Waals surface area contributed by atoms with Gasteiger partial charge in [-0.3, -0.25) is 0 Å². The van der Waals surface area contributed by atoms with Gasteiger partial charge in [0.1, 0.15) is 29.1 Å². The van der Waals surface area contributed by atoms with Crippen LogP contribution >= 0.6 is 15.9 Å². The number of imidazole rings is 1. The van der Waals surface area contributed by atoms with Gasteiger partial charge in [0.15, 0.2) is 5.65 Å². The summed E-state index contributed by atoms with van der Waals surface area (Å²) in [6, 6.07) is 7.50. The van der Waals surface area contributed by atoms with Gasteiger partial charge in [-0.2, -0.15) is 0 Å². The second-order valence-electron chi connectivity index (χ2n) is 9.85. The number of nitrogens with zero attached hydrogens (tertiary/aromatic N) is 5. The average molecular weight is 556 g/mol. The number of aromatic amines is 1. The van der Waals surface area contributed by atoms with E-state index in [1.165, 1.54) is 12.5 Å². The van der Waals surface area contributed by atoms with Gasteiger partial charge in [-0.15, -0.1) is 0 Å². The first-order chi connectivity index (χ1) is 17.0. The molecule has 11 nitrogen and oxygen atoms in total. The molecule has 3 N–H and O–H groups in total. The highest BCUT2D eigenvalue weighted by molar-refractivity contribution is 9.10. The van der Waals surface area contributed by atoms with E-state index in [1.54, 1.807) is 6.07 Å². The van der Waals surface area contributed by atoms with Crippen molar-refractivity contribution in [3.8, 4) is 0 Å². The van der Waals surface area contributed by atoms with Crippen molar-refractivity contribution < 1.29 is 19.4 Å². The molecular formula is C24H26BrN7O4. The van der Waals surface area contributed by atoms with Crippen molar-refractivity contribution in [3.05, 3.63) is 47.1 Å². The third kappa shape index (κ3) is 4.48. The maximum Gasteiger partial charge on any atom is 0.417 e. The fourth-order valence-electron chi connectivity index (χ4n) is 4.57. The summed E-state index contributed by atoms with van der Waals surface area (Å²) < 4.78 is 7.58. The first-order valence-electron chi connectivity index (χ1n) is 11.5. The van der Waals surface area contributed by atoms with Crippen LogP contribution in [0.5, 0.6) is 0 Å². The van der Waals surface area contributed by atoms with Crippen LogP contribution in [0, 0.1) is 0 Å². The van der Waals surface area contributed by atoms with Crippen LogP contribution in [0.25, 0.3) is 22.1 Å². The molecule has 12 heteroatoms.